The average Bonchev–Trinajstić information content (AvgIpc) is 3.47. The van der Waals surface area contributed by atoms with E-state index in [1.807, 2.05) is 0 Å². The molecule has 0 nitrogen and oxygen atoms in total. The summed E-state index contributed by atoms with van der Waals surface area (Å²) < 4.78 is 0. The molecule has 1 atom stereocenters. The molecule has 1 aromatic heterocycles. The molecule has 0 aliphatic heterocycles. The number of aryl methyl sites for hydroxylation is 3. The van der Waals surface area contributed by atoms with Crippen LogP contribution in [0.3, 0.4) is 0 Å². The third-order valence-electron chi connectivity index (χ3n) is 6.10. The van der Waals surface area contributed by atoms with Crippen LogP contribution < -0.4 is 24.8 Å². The van der Waals surface area contributed by atoms with E-state index in [1.165, 1.54) is 41.2 Å². The minimum atomic E-state index is -0.264. The minimum Gasteiger partial charge on any atom is -1.00 e. The molecular formula is C27H25Cl2PTi. The Morgan fingerprint density at radius 1 is 0.903 bits per heavy atom. The van der Waals surface area contributed by atoms with Gasteiger partial charge in [-0.1, -0.05) is 49.5 Å². The Balaban J connectivity index is 0.000000298. The molecule has 4 aromatic carbocycles. The molecule has 1 aliphatic carbocycles. The van der Waals surface area contributed by atoms with E-state index in [0.717, 1.165) is 0 Å². The molecule has 0 bridgehead atoms. The van der Waals surface area contributed by atoms with E-state index in [1.54, 1.807) is 26.7 Å². The van der Waals surface area contributed by atoms with Crippen molar-refractivity contribution in [1.29, 1.82) is 0 Å². The van der Waals surface area contributed by atoms with Gasteiger partial charge in [-0.2, -0.15) is 23.3 Å². The quantitative estimate of drug-likeness (QED) is 0.245. The summed E-state index contributed by atoms with van der Waals surface area (Å²) in [5.41, 5.74) is 4.45. The van der Waals surface area contributed by atoms with E-state index >= 15 is 0 Å². The van der Waals surface area contributed by atoms with Crippen LogP contribution in [0.15, 0.2) is 78.9 Å². The fourth-order valence-corrected chi connectivity index (χ4v) is 7.48. The smallest absolute Gasteiger partial charge is 1.00 e. The normalized spacial score (nSPS) is 12.3. The van der Waals surface area contributed by atoms with Crippen LogP contribution in [0.1, 0.15) is 28.4 Å². The number of fused-ring (bicyclic) bond motifs is 4. The molecule has 156 valence electrons. The summed E-state index contributed by atoms with van der Waals surface area (Å²) in [6.07, 6.45) is 3.93. The summed E-state index contributed by atoms with van der Waals surface area (Å²) in [6.45, 7) is 4.24. The van der Waals surface area contributed by atoms with Crippen molar-refractivity contribution in [3.05, 3.63) is 101 Å². The zero-order valence-electron chi connectivity index (χ0n) is 17.8. The van der Waals surface area contributed by atoms with Crippen molar-refractivity contribution in [3.8, 4) is 5.30 Å². The maximum Gasteiger partial charge on any atom is 4.00 e. The molecule has 0 saturated carbocycles. The van der Waals surface area contributed by atoms with Gasteiger partial charge in [0.25, 0.3) is 0 Å². The van der Waals surface area contributed by atoms with Crippen molar-refractivity contribution in [2.24, 2.45) is 0 Å². The molecule has 0 spiro atoms. The first-order valence-electron chi connectivity index (χ1n) is 10.2. The van der Waals surface area contributed by atoms with Crippen molar-refractivity contribution in [2.75, 3.05) is 0 Å². The Bertz CT molecular complexity index is 1230. The second kappa shape index (κ2) is 11.0. The van der Waals surface area contributed by atoms with Crippen LogP contribution in [0.25, 0.3) is 26.6 Å². The topological polar surface area (TPSA) is 0 Å². The minimum absolute atomic E-state index is 0. The van der Waals surface area contributed by atoms with Gasteiger partial charge in [0.1, 0.15) is 0 Å². The number of rotatable bonds is 1. The summed E-state index contributed by atoms with van der Waals surface area (Å²) in [5.74, 6) is 0. The third kappa shape index (κ3) is 4.90. The van der Waals surface area contributed by atoms with Crippen LogP contribution >= 0.6 is 7.53 Å². The van der Waals surface area contributed by atoms with Gasteiger partial charge in [-0.3, -0.25) is 0 Å². The maximum atomic E-state index is 2.42. The molecule has 5 aromatic rings. The Morgan fingerprint density at radius 2 is 1.65 bits per heavy atom. The van der Waals surface area contributed by atoms with E-state index < -0.39 is 0 Å². The largest absolute Gasteiger partial charge is 4.00 e. The van der Waals surface area contributed by atoms with Crippen molar-refractivity contribution in [3.63, 3.8) is 0 Å². The van der Waals surface area contributed by atoms with E-state index in [4.69, 9.17) is 0 Å². The van der Waals surface area contributed by atoms with Crippen molar-refractivity contribution in [1.82, 2.24) is 0 Å². The van der Waals surface area contributed by atoms with Crippen LogP contribution in [0.2, 0.25) is 0 Å². The first-order valence-corrected chi connectivity index (χ1v) is 11.5. The number of halogens is 2. The van der Waals surface area contributed by atoms with Gasteiger partial charge in [-0.05, 0) is 35.5 Å². The summed E-state index contributed by atoms with van der Waals surface area (Å²) in [6, 6.07) is 29.0. The number of hydrogen-bond acceptors (Lipinski definition) is 0. The van der Waals surface area contributed by atoms with Gasteiger partial charge in [-0.25, -0.2) is 12.1 Å². The van der Waals surface area contributed by atoms with Gasteiger partial charge >= 0.3 is 21.7 Å². The first kappa shape index (κ1) is 26.0. The summed E-state index contributed by atoms with van der Waals surface area (Å²) in [7, 11) is -0.264. The van der Waals surface area contributed by atoms with Gasteiger partial charge in [0.2, 0.25) is 0 Å². The molecule has 6 rings (SSSR count). The summed E-state index contributed by atoms with van der Waals surface area (Å²) >= 11 is 0. The van der Waals surface area contributed by atoms with Crippen LogP contribution in [0, 0.1) is 13.8 Å². The Kier molecular flexibility index (Phi) is 9.26. The third-order valence-corrected chi connectivity index (χ3v) is 8.78. The molecule has 31 heavy (non-hydrogen) atoms. The monoisotopic (exact) mass is 498 g/mol. The van der Waals surface area contributed by atoms with Crippen molar-refractivity contribution >= 4 is 28.8 Å². The number of benzene rings is 2. The molecule has 0 N–H and O–H groups in total. The SMILES string of the molecule is Cc1ccc[c-]1C.[Cl-].[Cl-].[Ti+4].c1ccc2[cH-]c(-p3c4c(c5ccccc53)CCC4)cc2c1. The van der Waals surface area contributed by atoms with E-state index in [0.29, 0.717) is 0 Å². The second-order valence-corrected chi connectivity index (χ2v) is 10.1. The fourth-order valence-electron chi connectivity index (χ4n) is 4.49. The van der Waals surface area contributed by atoms with Crippen molar-refractivity contribution in [2.45, 2.75) is 33.1 Å². The summed E-state index contributed by atoms with van der Waals surface area (Å²) in [4.78, 5) is 0. The second-order valence-electron chi connectivity index (χ2n) is 7.87. The molecule has 0 saturated heterocycles. The van der Waals surface area contributed by atoms with Crippen LogP contribution in [-0.2, 0) is 34.6 Å². The Hall–Kier alpha value is -1.27. The predicted octanol–water partition coefficient (Wildman–Crippen LogP) is 2.20. The van der Waals surface area contributed by atoms with Gasteiger partial charge < -0.3 is 24.8 Å². The zero-order chi connectivity index (χ0) is 19.1. The van der Waals surface area contributed by atoms with Crippen LogP contribution in [0.5, 0.6) is 0 Å². The molecule has 1 aliphatic rings. The molecule has 0 amide bonds. The molecule has 0 fully saturated rings. The molecule has 1 heterocycles. The Morgan fingerprint density at radius 3 is 2.32 bits per heavy atom. The molecule has 0 radical (unpaired) electrons. The molecule has 4 heteroatoms. The first-order chi connectivity index (χ1) is 13.7. The average molecular weight is 499 g/mol. The Labute approximate surface area is 213 Å². The van der Waals surface area contributed by atoms with E-state index in [-0.39, 0.29) is 54.1 Å². The molecule has 1 unspecified atom stereocenters. The van der Waals surface area contributed by atoms with Crippen molar-refractivity contribution < 1.29 is 46.5 Å². The fraction of sp³-hybridized carbons (Fsp3) is 0.185. The van der Waals surface area contributed by atoms with Gasteiger partial charge in [0.05, 0.1) is 0 Å². The van der Waals surface area contributed by atoms with Gasteiger partial charge in [0.15, 0.2) is 0 Å². The van der Waals surface area contributed by atoms with Gasteiger partial charge in [0, 0.05) is 5.12 Å². The predicted molar refractivity (Wildman–Crippen MR) is 125 cm³/mol. The van der Waals surface area contributed by atoms with Crippen LogP contribution in [-0.4, -0.2) is 0 Å². The van der Waals surface area contributed by atoms with Gasteiger partial charge in [-0.15, -0.1) is 42.6 Å². The molecular weight excluding hydrogens is 474 g/mol. The van der Waals surface area contributed by atoms with E-state index in [2.05, 4.69) is 92.7 Å². The zero-order valence-corrected chi connectivity index (χ0v) is 21.8. The number of hydrogen-bond donors (Lipinski definition) is 0. The summed E-state index contributed by atoms with van der Waals surface area (Å²) in [5, 5.41) is 9.21. The standard InChI is InChI=1S/C20H16P.C7H9.2ClH.Ti/c1-2-7-15-13-16(12-14(15)6-1)21-19-10-4-3-8-17(19)18-9-5-11-20(18)21;1-6-4-3-5-7(6)2;;;/h1-4,6-8,10,12-13H,5,9,11H2;3-5H,1-2H3;2*1H;/q2*-1;;;+4/p-2. The maximum absolute atomic E-state index is 2.42. The van der Waals surface area contributed by atoms with E-state index in [9.17, 15) is 0 Å². The van der Waals surface area contributed by atoms with Crippen LogP contribution in [0.4, 0.5) is 0 Å².